The maximum atomic E-state index is 16.5. The number of hydrogen-bond acceptors (Lipinski definition) is 8. The van der Waals surface area contributed by atoms with Crippen molar-refractivity contribution in [1.82, 2.24) is 34.6 Å². The summed E-state index contributed by atoms with van der Waals surface area (Å²) in [5, 5.41) is 4.28. The second-order valence-corrected chi connectivity index (χ2v) is 13.3. The number of ether oxygens (including phenoxy) is 2. The maximum absolute atomic E-state index is 16.5. The Labute approximate surface area is 296 Å². The van der Waals surface area contributed by atoms with Crippen molar-refractivity contribution in [3.8, 4) is 28.3 Å². The highest BCUT2D eigenvalue weighted by Crippen LogP contribution is 2.46. The molecule has 2 aliphatic heterocycles. The summed E-state index contributed by atoms with van der Waals surface area (Å²) in [5.74, 6) is 1.10. The number of aromatic nitrogens is 4. The first-order valence-electron chi connectivity index (χ1n) is 17.4. The van der Waals surface area contributed by atoms with Crippen LogP contribution in [0, 0.1) is 12.7 Å². The van der Waals surface area contributed by atoms with Crippen molar-refractivity contribution in [2.24, 2.45) is 0 Å². The summed E-state index contributed by atoms with van der Waals surface area (Å²) in [4.78, 5) is 29.4. The number of amides is 1. The van der Waals surface area contributed by atoms with Crippen LogP contribution >= 0.6 is 0 Å². The Balaban J connectivity index is 1.24. The highest BCUT2D eigenvalue weighted by molar-refractivity contribution is 5.92. The molecule has 11 nitrogen and oxygen atoms in total. The van der Waals surface area contributed by atoms with Gasteiger partial charge in [0.2, 0.25) is 5.91 Å². The lowest BCUT2D eigenvalue weighted by Gasteiger charge is -2.30. The van der Waals surface area contributed by atoms with Crippen molar-refractivity contribution >= 4 is 22.5 Å². The molecule has 0 spiro atoms. The Morgan fingerprint density at radius 3 is 2.86 bits per heavy atom. The number of methoxy groups -OCH3 is 1. The average Bonchev–Trinajstić information content (AvgIpc) is 3.93. The monoisotopic (exact) mass is 693 g/mol. The zero-order valence-electron chi connectivity index (χ0n) is 29.8. The van der Waals surface area contributed by atoms with Gasteiger partial charge in [0.1, 0.15) is 30.3 Å². The first kappa shape index (κ1) is 34.3. The minimum absolute atomic E-state index is 0.0118. The van der Waals surface area contributed by atoms with Crippen molar-refractivity contribution in [2.75, 3.05) is 33.9 Å². The van der Waals surface area contributed by atoms with Crippen LogP contribution in [0.1, 0.15) is 62.3 Å². The smallest absolute Gasteiger partial charge is 0.258 e. The molecule has 0 saturated carbocycles. The molecule has 0 bridgehead atoms. The highest BCUT2D eigenvalue weighted by Gasteiger charge is 2.35. The largest absolute Gasteiger partial charge is 0.460 e. The van der Waals surface area contributed by atoms with Crippen molar-refractivity contribution in [3.63, 3.8) is 0 Å². The molecule has 2 aliphatic rings. The Morgan fingerprint density at radius 1 is 1.27 bits per heavy atom. The van der Waals surface area contributed by atoms with Crippen LogP contribution < -0.4 is 10.1 Å². The van der Waals surface area contributed by atoms with Gasteiger partial charge in [-0.1, -0.05) is 25.6 Å². The Kier molecular flexibility index (Phi) is 9.54. The minimum atomic E-state index is -0.775. The van der Waals surface area contributed by atoms with Crippen LogP contribution in [0.5, 0.6) is 5.75 Å². The zero-order valence-corrected chi connectivity index (χ0v) is 29.8. The van der Waals surface area contributed by atoms with Crippen LogP contribution in [0.25, 0.3) is 39.1 Å². The number of hydrogen-bond donors (Lipinski definition) is 2. The zero-order chi connectivity index (χ0) is 35.8. The first-order valence-corrected chi connectivity index (χ1v) is 17.4. The Morgan fingerprint density at radius 2 is 2.12 bits per heavy atom. The lowest BCUT2D eigenvalue weighted by Crippen LogP contribution is -2.41. The Hall–Kier alpha value is -5.20. The van der Waals surface area contributed by atoms with E-state index in [1.165, 1.54) is 13.2 Å². The predicted molar refractivity (Wildman–Crippen MR) is 194 cm³/mol. The summed E-state index contributed by atoms with van der Waals surface area (Å²) in [6.07, 6.45) is 7.24. The van der Waals surface area contributed by atoms with Crippen LogP contribution in [0.2, 0.25) is 0 Å². The summed E-state index contributed by atoms with van der Waals surface area (Å²) >= 11 is 0. The van der Waals surface area contributed by atoms with Crippen molar-refractivity contribution in [3.05, 3.63) is 96.0 Å². The number of likely N-dealkylation sites (tertiary alicyclic amines) is 1. The van der Waals surface area contributed by atoms with Crippen LogP contribution in [-0.4, -0.2) is 75.1 Å². The summed E-state index contributed by atoms with van der Waals surface area (Å²) in [7, 11) is 3.59. The molecule has 2 unspecified atom stereocenters. The SMILES string of the molecule is C=C(N/C(=C\C)c1cc(F)c2c(c1)OC(c1nc(C)co1)n1c-2cc2cc(-c3cnc(CN(C)CCC)[nH]3)ccc21)C1CCCN1C(=O)COC. The number of fused-ring (bicyclic) bond motifs is 5. The molecule has 2 aromatic carbocycles. The van der Waals surface area contributed by atoms with E-state index in [1.807, 2.05) is 55.0 Å². The van der Waals surface area contributed by atoms with Gasteiger partial charge >= 0.3 is 0 Å². The highest BCUT2D eigenvalue weighted by atomic mass is 19.1. The third kappa shape index (κ3) is 6.57. The van der Waals surface area contributed by atoms with Crippen LogP contribution in [0.3, 0.4) is 0 Å². The van der Waals surface area contributed by atoms with E-state index in [9.17, 15) is 4.79 Å². The molecular weight excluding hydrogens is 649 g/mol. The van der Waals surface area contributed by atoms with Crippen LogP contribution in [0.4, 0.5) is 4.39 Å². The third-order valence-corrected chi connectivity index (χ3v) is 9.57. The standard InChI is InChI=1S/C39H44FN7O4/c1-7-13-45(5)20-35-41-19-30(44-35)25-11-12-32-27(15-25)17-33-37-28(40)16-26(18-34(37)51-39(47(32)33)38-42-23(3)21-50-38)29(8-2)43-24(4)31-10-9-14-46(31)36(48)22-49-6/h8,11-12,15-19,21,31,39,43H,4,7,9-10,13-14,20,22H2,1-3,5-6H3,(H,41,44)/b29-8-. The molecule has 5 heterocycles. The summed E-state index contributed by atoms with van der Waals surface area (Å²) in [6.45, 7) is 12.5. The van der Waals surface area contributed by atoms with Gasteiger partial charge in [-0.3, -0.25) is 14.3 Å². The van der Waals surface area contributed by atoms with E-state index in [0.29, 0.717) is 52.1 Å². The number of rotatable bonds is 12. The van der Waals surface area contributed by atoms with Gasteiger partial charge in [-0.25, -0.2) is 14.4 Å². The van der Waals surface area contributed by atoms with Crippen LogP contribution in [0.15, 0.2) is 71.6 Å². The number of nitrogens with zero attached hydrogens (tertiary/aromatic N) is 5. The fraction of sp³-hybridized carbons (Fsp3) is 0.359. The second-order valence-electron chi connectivity index (χ2n) is 13.3. The third-order valence-electron chi connectivity index (χ3n) is 9.57. The number of carbonyl (C=O) groups is 1. The van der Waals surface area contributed by atoms with Gasteiger partial charge < -0.3 is 29.1 Å². The fourth-order valence-corrected chi connectivity index (χ4v) is 7.25. The van der Waals surface area contributed by atoms with E-state index < -0.39 is 12.0 Å². The van der Waals surface area contributed by atoms with Gasteiger partial charge in [0, 0.05) is 41.6 Å². The number of imidazole rings is 1. The van der Waals surface area contributed by atoms with E-state index >= 15 is 4.39 Å². The van der Waals surface area contributed by atoms with Gasteiger partial charge in [0.15, 0.2) is 0 Å². The van der Waals surface area contributed by atoms with E-state index in [1.54, 1.807) is 11.2 Å². The van der Waals surface area contributed by atoms with E-state index in [-0.39, 0.29) is 18.6 Å². The number of nitrogens with one attached hydrogen (secondary N) is 2. The van der Waals surface area contributed by atoms with Gasteiger partial charge in [-0.15, -0.1) is 0 Å². The molecule has 2 atom stereocenters. The summed E-state index contributed by atoms with van der Waals surface area (Å²) in [5.41, 5.74) is 6.32. The number of oxazole rings is 1. The lowest BCUT2D eigenvalue weighted by molar-refractivity contribution is -0.135. The lowest BCUT2D eigenvalue weighted by atomic mass is 10.0. The van der Waals surface area contributed by atoms with Crippen molar-refractivity contribution < 1.29 is 23.1 Å². The maximum Gasteiger partial charge on any atom is 0.258 e. The second kappa shape index (κ2) is 14.2. The molecular formula is C39H44FN7O4. The van der Waals surface area contributed by atoms with Gasteiger partial charge in [-0.05, 0) is 77.0 Å². The summed E-state index contributed by atoms with van der Waals surface area (Å²) < 4.78 is 36.0. The number of aromatic amines is 1. The van der Waals surface area contributed by atoms with Gasteiger partial charge in [0.05, 0.1) is 46.9 Å². The molecule has 51 heavy (non-hydrogen) atoms. The number of allylic oxidation sites excluding steroid dienone is 1. The molecule has 2 N–H and O–H groups in total. The number of halogens is 1. The predicted octanol–water partition coefficient (Wildman–Crippen LogP) is 7.02. The quantitative estimate of drug-likeness (QED) is 0.143. The van der Waals surface area contributed by atoms with Crippen LogP contribution in [-0.2, 0) is 16.1 Å². The van der Waals surface area contributed by atoms with E-state index in [2.05, 4.69) is 51.8 Å². The molecule has 1 amide bonds. The fourth-order valence-electron chi connectivity index (χ4n) is 7.25. The molecule has 3 aromatic heterocycles. The molecule has 5 aromatic rings. The topological polar surface area (TPSA) is 114 Å². The van der Waals surface area contributed by atoms with Gasteiger partial charge in [0.25, 0.3) is 12.1 Å². The molecule has 12 heteroatoms. The minimum Gasteiger partial charge on any atom is -0.460 e. The molecule has 266 valence electrons. The van der Waals surface area contributed by atoms with E-state index in [4.69, 9.17) is 13.9 Å². The Bertz CT molecular complexity index is 2130. The normalized spacial score (nSPS) is 17.2. The van der Waals surface area contributed by atoms with Crippen molar-refractivity contribution in [1.29, 1.82) is 0 Å². The first-order chi connectivity index (χ1) is 24.7. The van der Waals surface area contributed by atoms with Gasteiger partial charge in [-0.2, -0.15) is 0 Å². The van der Waals surface area contributed by atoms with E-state index in [0.717, 1.165) is 60.3 Å². The molecule has 0 aliphatic carbocycles. The number of benzene rings is 2. The summed E-state index contributed by atoms with van der Waals surface area (Å²) in [6, 6.07) is 11.2. The number of H-pyrrole nitrogens is 1. The average molecular weight is 694 g/mol. The molecule has 1 fully saturated rings. The number of carbonyl (C=O) groups excluding carboxylic acids is 1. The number of aryl methyl sites for hydroxylation is 1. The molecule has 1 saturated heterocycles. The molecule has 7 rings (SSSR count). The van der Waals surface area contributed by atoms with Crippen molar-refractivity contribution in [2.45, 2.75) is 58.8 Å². The molecule has 0 radical (unpaired) electrons.